The van der Waals surface area contributed by atoms with E-state index in [0.717, 1.165) is 59.2 Å². The van der Waals surface area contributed by atoms with Crippen molar-refractivity contribution < 1.29 is 51.7 Å². The van der Waals surface area contributed by atoms with Crippen LogP contribution in [0.1, 0.15) is 71.2 Å². The summed E-state index contributed by atoms with van der Waals surface area (Å²) in [6.45, 7) is 3.16. The van der Waals surface area contributed by atoms with E-state index >= 15 is 0 Å². The van der Waals surface area contributed by atoms with Gasteiger partial charge in [0, 0.05) is 117 Å². The number of rotatable bonds is 19. The lowest BCUT2D eigenvalue weighted by Gasteiger charge is -2.41. The third-order valence-electron chi connectivity index (χ3n) is 11.0. The van der Waals surface area contributed by atoms with Crippen molar-refractivity contribution in [2.24, 2.45) is 0 Å². The van der Waals surface area contributed by atoms with Crippen LogP contribution in [0.4, 0.5) is 18.9 Å². The number of aliphatic hydroxyl groups is 1. The molecule has 0 bridgehead atoms. The van der Waals surface area contributed by atoms with Crippen LogP contribution in [0.25, 0.3) is 32.9 Å². The van der Waals surface area contributed by atoms with Crippen LogP contribution in [0, 0.1) is 0 Å². The smallest absolute Gasteiger partial charge is 0.421 e. The van der Waals surface area contributed by atoms with E-state index in [1.165, 1.54) is 25.2 Å². The summed E-state index contributed by atoms with van der Waals surface area (Å²) in [5.74, 6) is -1.17. The highest BCUT2D eigenvalue weighted by Gasteiger charge is 2.37. The van der Waals surface area contributed by atoms with E-state index in [1.807, 2.05) is 18.2 Å². The summed E-state index contributed by atoms with van der Waals surface area (Å²) in [6, 6.07) is 12.7. The van der Waals surface area contributed by atoms with E-state index < -0.39 is 23.7 Å². The first-order valence-corrected chi connectivity index (χ1v) is 20.6. The number of carbonyl (C=O) groups excluding carboxylic acids is 4. The molecular formula is C45H51F3N6O8. The first-order chi connectivity index (χ1) is 29.9. The number of nitrogens with zero attached hydrogens (tertiary/aromatic N) is 4. The molecule has 17 heteroatoms. The molecular weight excluding hydrogens is 810 g/mol. The van der Waals surface area contributed by atoms with Gasteiger partial charge in [-0.15, -0.1) is 0 Å². The van der Waals surface area contributed by atoms with Gasteiger partial charge in [-0.1, -0.05) is 12.1 Å². The molecule has 330 valence electrons. The zero-order valence-corrected chi connectivity index (χ0v) is 34.7. The van der Waals surface area contributed by atoms with Crippen LogP contribution in [-0.4, -0.2) is 121 Å². The highest BCUT2D eigenvalue weighted by molar-refractivity contribution is 6.08. The van der Waals surface area contributed by atoms with Crippen molar-refractivity contribution in [2.75, 3.05) is 58.5 Å². The standard InChI is InChI=1S/C24H35N3O7.C21H16F3N3O/c1-25-23(31)22(6-3-9-28)26(2)24(32)21-14-19(8-7-18(21)17-30)27-15-20(16-27)34-13-5-12-33-11-4-10-29;22-21(23,24)17-8-13(10-26-20(17)28-14-2-1-3-14)12-4-5-15-16-11-25-7-6-18(16)27-19(15)9-12/h7-9,14,17,20,22,29H,3-6,10-13,15-16H2,1-2H3,(H,25,31);4-11,14,27H,1-3H2. The molecule has 3 aromatic heterocycles. The minimum atomic E-state index is -4.53. The van der Waals surface area contributed by atoms with Crippen LogP contribution in [-0.2, 0) is 25.2 Å². The lowest BCUT2D eigenvalue weighted by molar-refractivity contribution is -0.140. The van der Waals surface area contributed by atoms with Gasteiger partial charge in [0.05, 0.1) is 11.7 Å². The largest absolute Gasteiger partial charge is 0.474 e. The number of aliphatic hydroxyl groups excluding tert-OH is 1. The average Bonchev–Trinajstić information content (AvgIpc) is 3.62. The summed E-state index contributed by atoms with van der Waals surface area (Å²) in [4.78, 5) is 62.6. The van der Waals surface area contributed by atoms with Gasteiger partial charge in [0.15, 0.2) is 6.29 Å². The van der Waals surface area contributed by atoms with Gasteiger partial charge < -0.3 is 44.2 Å². The number of benzene rings is 2. The maximum Gasteiger partial charge on any atom is 0.421 e. The van der Waals surface area contributed by atoms with Gasteiger partial charge in [-0.25, -0.2) is 4.98 Å². The number of halogens is 3. The molecule has 1 saturated heterocycles. The second-order valence-electron chi connectivity index (χ2n) is 15.2. The van der Waals surface area contributed by atoms with Crippen LogP contribution in [0.5, 0.6) is 5.88 Å². The number of aromatic nitrogens is 3. The molecule has 1 saturated carbocycles. The average molecular weight is 861 g/mol. The molecule has 1 atom stereocenters. The van der Waals surface area contributed by atoms with Gasteiger partial charge in [-0.3, -0.25) is 19.4 Å². The number of alkyl halides is 3. The second kappa shape index (κ2) is 21.3. The number of hydrogen-bond donors (Lipinski definition) is 3. The Morgan fingerprint density at radius 1 is 0.984 bits per heavy atom. The number of fused-ring (bicyclic) bond motifs is 3. The molecule has 0 radical (unpaired) electrons. The minimum Gasteiger partial charge on any atom is -0.474 e. The van der Waals surface area contributed by atoms with Crippen LogP contribution in [0.3, 0.4) is 0 Å². The monoisotopic (exact) mass is 860 g/mol. The number of hydrogen-bond acceptors (Lipinski definition) is 11. The predicted octanol–water partition coefficient (Wildman–Crippen LogP) is 6.39. The summed E-state index contributed by atoms with van der Waals surface area (Å²) in [6.07, 6.45) is 5.86. The van der Waals surface area contributed by atoms with Crippen molar-refractivity contribution in [3.8, 4) is 17.0 Å². The van der Waals surface area contributed by atoms with E-state index in [9.17, 15) is 32.3 Å². The van der Waals surface area contributed by atoms with Crippen molar-refractivity contribution in [3.05, 3.63) is 83.8 Å². The van der Waals surface area contributed by atoms with E-state index in [4.69, 9.17) is 19.3 Å². The highest BCUT2D eigenvalue weighted by Crippen LogP contribution is 2.40. The van der Waals surface area contributed by atoms with Gasteiger partial charge in [-0.05, 0) is 80.5 Å². The number of anilines is 1. The third-order valence-corrected chi connectivity index (χ3v) is 11.0. The minimum absolute atomic E-state index is 0.0750. The van der Waals surface area contributed by atoms with Gasteiger partial charge in [0.25, 0.3) is 5.91 Å². The molecule has 5 aromatic rings. The Morgan fingerprint density at radius 3 is 2.47 bits per heavy atom. The fourth-order valence-electron chi connectivity index (χ4n) is 7.17. The number of ether oxygens (including phenoxy) is 3. The van der Waals surface area contributed by atoms with Crippen LogP contribution in [0.15, 0.2) is 67.1 Å². The lowest BCUT2D eigenvalue weighted by atomic mass is 9.96. The van der Waals surface area contributed by atoms with Crippen LogP contribution >= 0.6 is 0 Å². The first kappa shape index (κ1) is 45.6. The lowest BCUT2D eigenvalue weighted by Crippen LogP contribution is -2.52. The van der Waals surface area contributed by atoms with Gasteiger partial charge >= 0.3 is 6.18 Å². The zero-order valence-electron chi connectivity index (χ0n) is 34.7. The quantitative estimate of drug-likeness (QED) is 0.0620. The Hall–Kier alpha value is -5.91. The fourth-order valence-corrected chi connectivity index (χ4v) is 7.17. The molecule has 2 aromatic carbocycles. The van der Waals surface area contributed by atoms with E-state index in [1.54, 1.807) is 36.7 Å². The van der Waals surface area contributed by atoms with Crippen molar-refractivity contribution in [3.63, 3.8) is 0 Å². The maximum atomic E-state index is 13.6. The van der Waals surface area contributed by atoms with Gasteiger partial charge in [0.2, 0.25) is 11.8 Å². The second-order valence-corrected chi connectivity index (χ2v) is 15.2. The zero-order chi connectivity index (χ0) is 44.2. The maximum absolute atomic E-state index is 13.6. The first-order valence-electron chi connectivity index (χ1n) is 20.6. The molecule has 2 fully saturated rings. The number of pyridine rings is 2. The van der Waals surface area contributed by atoms with Gasteiger partial charge in [0.1, 0.15) is 24.0 Å². The number of H-pyrrole nitrogens is 1. The molecule has 2 amide bonds. The number of aromatic amines is 1. The summed E-state index contributed by atoms with van der Waals surface area (Å²) in [7, 11) is 2.97. The topological polar surface area (TPSA) is 176 Å². The van der Waals surface area contributed by atoms with E-state index in [0.29, 0.717) is 63.0 Å². The Bertz CT molecular complexity index is 2330. The van der Waals surface area contributed by atoms with Crippen molar-refractivity contribution >= 4 is 51.9 Å². The number of carbonyl (C=O) groups is 4. The predicted molar refractivity (Wildman–Crippen MR) is 226 cm³/mol. The van der Waals surface area contributed by atoms with Crippen molar-refractivity contribution in [2.45, 2.75) is 69.4 Å². The molecule has 1 aliphatic carbocycles. The number of nitrogens with one attached hydrogen (secondary N) is 2. The molecule has 2 aliphatic rings. The molecule has 7 rings (SSSR count). The molecule has 4 heterocycles. The van der Waals surface area contributed by atoms with Crippen molar-refractivity contribution in [1.82, 2.24) is 25.2 Å². The Morgan fingerprint density at radius 2 is 1.77 bits per heavy atom. The molecule has 14 nitrogen and oxygen atoms in total. The third kappa shape index (κ3) is 11.1. The fraction of sp³-hybridized carbons (Fsp3) is 0.422. The highest BCUT2D eigenvalue weighted by atomic mass is 19.4. The Balaban J connectivity index is 0.000000210. The van der Waals surface area contributed by atoms with Crippen molar-refractivity contribution in [1.29, 1.82) is 0 Å². The molecule has 0 spiro atoms. The van der Waals surface area contributed by atoms with Crippen LogP contribution < -0.4 is 15.0 Å². The molecule has 1 unspecified atom stereocenters. The molecule has 1 aliphatic heterocycles. The molecule has 3 N–H and O–H groups in total. The number of amides is 2. The summed E-state index contributed by atoms with van der Waals surface area (Å²) >= 11 is 0. The SMILES string of the molecule is CNC(=O)C(CCC=O)N(C)C(=O)c1cc(N2CC(OCCCOCCCO)C2)ccc1C=O.FC(F)(F)c1cc(-c2ccc3c(c2)[nH]c2ccncc23)cnc1OC1CCC1. The summed E-state index contributed by atoms with van der Waals surface area (Å²) in [5, 5.41) is 13.2. The Labute approximate surface area is 356 Å². The van der Waals surface area contributed by atoms with E-state index in [2.05, 4.69) is 25.2 Å². The summed E-state index contributed by atoms with van der Waals surface area (Å²) < 4.78 is 57.4. The molecule has 62 heavy (non-hydrogen) atoms. The summed E-state index contributed by atoms with van der Waals surface area (Å²) in [5.41, 5.74) is 3.22. The number of aldehydes is 2. The van der Waals surface area contributed by atoms with E-state index in [-0.39, 0.29) is 54.6 Å². The number of likely N-dealkylation sites (N-methyl/N-ethyl adjacent to an activating group) is 2. The van der Waals surface area contributed by atoms with Gasteiger partial charge in [-0.2, -0.15) is 13.2 Å². The van der Waals surface area contributed by atoms with Crippen LogP contribution in [0.2, 0.25) is 0 Å². The Kier molecular flexibility index (Phi) is 15.6. The normalized spacial score (nSPS) is 14.6.